The highest BCUT2D eigenvalue weighted by Gasteiger charge is 2.31. The van der Waals surface area contributed by atoms with Crippen LogP contribution in [0.3, 0.4) is 0 Å². The van der Waals surface area contributed by atoms with Gasteiger partial charge in [-0.3, -0.25) is 9.88 Å². The molecule has 0 bridgehead atoms. The molecule has 0 unspecified atom stereocenters. The Bertz CT molecular complexity index is 457. The first-order valence-corrected chi connectivity index (χ1v) is 9.18. The number of hydrogen-bond donors (Lipinski definition) is 1. The van der Waals surface area contributed by atoms with Crippen LogP contribution in [0.4, 0.5) is 0 Å². The molecule has 128 valence electrons. The summed E-state index contributed by atoms with van der Waals surface area (Å²) in [4.78, 5) is 6.65. The van der Waals surface area contributed by atoms with E-state index < -0.39 is 0 Å². The topological polar surface area (TPSA) is 37.4 Å². The molecular formula is C19H31N3O. The minimum Gasteiger partial charge on any atom is -0.378 e. The second-order valence-corrected chi connectivity index (χ2v) is 7.44. The van der Waals surface area contributed by atoms with Crippen LogP contribution in [0.1, 0.15) is 38.7 Å². The number of likely N-dealkylation sites (tertiary alicyclic amines) is 1. The maximum atomic E-state index is 5.90. The minimum absolute atomic E-state index is 0.453. The minimum atomic E-state index is 0.453. The van der Waals surface area contributed by atoms with E-state index in [9.17, 15) is 0 Å². The molecular weight excluding hydrogens is 286 g/mol. The maximum Gasteiger partial charge on any atom is 0.0639 e. The summed E-state index contributed by atoms with van der Waals surface area (Å²) in [5, 5.41) is 3.82. The second kappa shape index (κ2) is 8.22. The van der Waals surface area contributed by atoms with Crippen LogP contribution in [0.5, 0.6) is 0 Å². The van der Waals surface area contributed by atoms with Gasteiger partial charge in [0.25, 0.3) is 0 Å². The highest BCUT2D eigenvalue weighted by molar-refractivity contribution is 5.09. The van der Waals surface area contributed by atoms with Crippen molar-refractivity contribution in [2.24, 2.45) is 11.8 Å². The van der Waals surface area contributed by atoms with E-state index in [-0.39, 0.29) is 0 Å². The lowest BCUT2D eigenvalue weighted by Gasteiger charge is -2.33. The number of nitrogens with one attached hydrogen (secondary N) is 1. The lowest BCUT2D eigenvalue weighted by Crippen LogP contribution is -2.44. The quantitative estimate of drug-likeness (QED) is 0.875. The fourth-order valence-electron chi connectivity index (χ4n) is 3.97. The predicted molar refractivity (Wildman–Crippen MR) is 93.2 cm³/mol. The molecule has 1 aromatic rings. The second-order valence-electron chi connectivity index (χ2n) is 7.44. The van der Waals surface area contributed by atoms with Crippen molar-refractivity contribution in [1.29, 1.82) is 0 Å². The lowest BCUT2D eigenvalue weighted by molar-refractivity contribution is 0.0526. The Morgan fingerprint density at radius 3 is 2.65 bits per heavy atom. The third-order valence-corrected chi connectivity index (χ3v) is 5.33. The molecule has 1 aromatic heterocycles. The highest BCUT2D eigenvalue weighted by atomic mass is 16.5. The molecule has 2 aliphatic heterocycles. The van der Waals surface area contributed by atoms with Crippen molar-refractivity contribution in [2.45, 2.75) is 51.8 Å². The first-order valence-electron chi connectivity index (χ1n) is 9.18. The fourth-order valence-corrected chi connectivity index (χ4v) is 3.97. The van der Waals surface area contributed by atoms with E-state index in [0.29, 0.717) is 24.0 Å². The van der Waals surface area contributed by atoms with E-state index in [4.69, 9.17) is 4.74 Å². The van der Waals surface area contributed by atoms with Crippen molar-refractivity contribution >= 4 is 0 Å². The molecule has 0 spiro atoms. The number of piperidine rings is 1. The molecule has 4 heteroatoms. The summed E-state index contributed by atoms with van der Waals surface area (Å²) in [6.45, 7) is 10.1. The van der Waals surface area contributed by atoms with Crippen LogP contribution in [-0.4, -0.2) is 48.3 Å². The summed E-state index contributed by atoms with van der Waals surface area (Å²) >= 11 is 0. The van der Waals surface area contributed by atoms with Gasteiger partial charge in [0, 0.05) is 38.1 Å². The number of ether oxygens (including phenoxy) is 1. The maximum absolute atomic E-state index is 5.90. The number of aromatic nitrogens is 1. The Morgan fingerprint density at radius 1 is 1.22 bits per heavy atom. The molecule has 1 N–H and O–H groups in total. The zero-order valence-electron chi connectivity index (χ0n) is 14.6. The van der Waals surface area contributed by atoms with Crippen molar-refractivity contribution < 1.29 is 4.74 Å². The third kappa shape index (κ3) is 4.75. The average molecular weight is 317 g/mol. The zero-order chi connectivity index (χ0) is 16.1. The molecule has 2 saturated heterocycles. The number of pyridine rings is 1. The molecule has 0 radical (unpaired) electrons. The molecule has 4 nitrogen and oxygen atoms in total. The molecule has 23 heavy (non-hydrogen) atoms. The van der Waals surface area contributed by atoms with Crippen molar-refractivity contribution in [1.82, 2.24) is 15.2 Å². The van der Waals surface area contributed by atoms with Crippen LogP contribution < -0.4 is 5.32 Å². The molecule has 3 rings (SSSR count). The normalized spacial score (nSPS) is 26.9. The highest BCUT2D eigenvalue weighted by Crippen LogP contribution is 2.26. The molecule has 0 saturated carbocycles. The van der Waals surface area contributed by atoms with Gasteiger partial charge in [0.15, 0.2) is 0 Å². The van der Waals surface area contributed by atoms with Crippen LogP contribution in [0.25, 0.3) is 0 Å². The Labute approximate surface area is 140 Å². The van der Waals surface area contributed by atoms with E-state index in [1.165, 1.54) is 37.9 Å². The SMILES string of the molecule is CC(C)[C@H]1OCC[C@@H]1CNC1CCN(Cc2ccncc2)CC1. The van der Waals surface area contributed by atoms with Gasteiger partial charge in [-0.1, -0.05) is 13.8 Å². The number of hydrogen-bond acceptors (Lipinski definition) is 4. The van der Waals surface area contributed by atoms with Crippen molar-refractivity contribution in [3.8, 4) is 0 Å². The summed E-state index contributed by atoms with van der Waals surface area (Å²) in [6.07, 6.45) is 7.96. The summed E-state index contributed by atoms with van der Waals surface area (Å²) in [5.41, 5.74) is 1.37. The molecule has 2 aliphatic rings. The molecule has 0 aliphatic carbocycles. The Balaban J connectivity index is 1.38. The van der Waals surface area contributed by atoms with Gasteiger partial charge in [-0.2, -0.15) is 0 Å². The van der Waals surface area contributed by atoms with E-state index in [1.807, 2.05) is 12.4 Å². The van der Waals surface area contributed by atoms with Gasteiger partial charge in [0.05, 0.1) is 6.10 Å². The van der Waals surface area contributed by atoms with Gasteiger partial charge >= 0.3 is 0 Å². The van der Waals surface area contributed by atoms with E-state index >= 15 is 0 Å². The van der Waals surface area contributed by atoms with Gasteiger partial charge in [-0.25, -0.2) is 0 Å². The summed E-state index contributed by atoms with van der Waals surface area (Å²) in [6, 6.07) is 4.92. The van der Waals surface area contributed by atoms with Gasteiger partial charge in [0.1, 0.15) is 0 Å². The monoisotopic (exact) mass is 317 g/mol. The lowest BCUT2D eigenvalue weighted by atomic mass is 9.92. The van der Waals surface area contributed by atoms with Crippen molar-refractivity contribution in [2.75, 3.05) is 26.2 Å². The Hall–Kier alpha value is -0.970. The molecule has 0 amide bonds. The third-order valence-electron chi connectivity index (χ3n) is 5.33. The molecule has 3 heterocycles. The van der Waals surface area contributed by atoms with Crippen LogP contribution in [0.2, 0.25) is 0 Å². The van der Waals surface area contributed by atoms with Crippen LogP contribution in [0, 0.1) is 11.8 Å². The molecule has 0 aromatic carbocycles. The molecule has 2 atom stereocenters. The largest absolute Gasteiger partial charge is 0.378 e. The van der Waals surface area contributed by atoms with Crippen LogP contribution >= 0.6 is 0 Å². The summed E-state index contributed by atoms with van der Waals surface area (Å²) in [7, 11) is 0. The average Bonchev–Trinajstić information content (AvgIpc) is 3.04. The van der Waals surface area contributed by atoms with E-state index in [1.54, 1.807) is 0 Å². The number of nitrogens with zero attached hydrogens (tertiary/aromatic N) is 2. The van der Waals surface area contributed by atoms with Gasteiger partial charge in [0.2, 0.25) is 0 Å². The standard InChI is InChI=1S/C19H31N3O/c1-15(2)19-17(7-12-23-19)13-21-18-5-10-22(11-6-18)14-16-3-8-20-9-4-16/h3-4,8-9,15,17-19,21H,5-7,10-14H2,1-2H3/t17-,19-/m1/s1. The van der Waals surface area contributed by atoms with Gasteiger partial charge < -0.3 is 10.1 Å². The van der Waals surface area contributed by atoms with Crippen molar-refractivity contribution in [3.05, 3.63) is 30.1 Å². The Morgan fingerprint density at radius 2 is 1.96 bits per heavy atom. The van der Waals surface area contributed by atoms with Crippen LogP contribution in [-0.2, 0) is 11.3 Å². The molecule has 2 fully saturated rings. The van der Waals surface area contributed by atoms with Gasteiger partial charge in [-0.15, -0.1) is 0 Å². The predicted octanol–water partition coefficient (Wildman–Crippen LogP) is 2.70. The number of rotatable bonds is 6. The van der Waals surface area contributed by atoms with Crippen LogP contribution in [0.15, 0.2) is 24.5 Å². The summed E-state index contributed by atoms with van der Waals surface area (Å²) < 4.78 is 5.90. The first-order chi connectivity index (χ1) is 11.2. The summed E-state index contributed by atoms with van der Waals surface area (Å²) in [5.74, 6) is 1.33. The first kappa shape index (κ1) is 16.9. The smallest absolute Gasteiger partial charge is 0.0639 e. The van der Waals surface area contributed by atoms with E-state index in [2.05, 4.69) is 41.2 Å². The zero-order valence-corrected chi connectivity index (χ0v) is 14.6. The van der Waals surface area contributed by atoms with Gasteiger partial charge in [-0.05, 0) is 61.9 Å². The van der Waals surface area contributed by atoms with Crippen molar-refractivity contribution in [3.63, 3.8) is 0 Å². The fraction of sp³-hybridized carbons (Fsp3) is 0.737. The Kier molecular flexibility index (Phi) is 6.03. The van der Waals surface area contributed by atoms with E-state index in [0.717, 1.165) is 19.7 Å².